The predicted octanol–water partition coefficient (Wildman–Crippen LogP) is 4.38. The molecule has 6 heteroatoms. The highest BCUT2D eigenvalue weighted by Crippen LogP contribution is 2.28. The second kappa shape index (κ2) is 6.49. The minimum Gasteiger partial charge on any atom is -0.325 e. The lowest BCUT2D eigenvalue weighted by Crippen LogP contribution is -2.15. The molecule has 2 aromatic carbocycles. The van der Waals surface area contributed by atoms with Crippen molar-refractivity contribution in [3.8, 4) is 11.3 Å². The van der Waals surface area contributed by atoms with E-state index in [9.17, 15) is 9.18 Å². The zero-order chi connectivity index (χ0) is 17.2. The minimum absolute atomic E-state index is 0.153. The lowest BCUT2D eigenvalue weighted by atomic mass is 10.1. The predicted molar refractivity (Wildman–Crippen MR) is 97.2 cm³/mol. The third kappa shape index (κ3) is 3.29. The largest absolute Gasteiger partial charge is 0.325 e. The molecule has 1 N–H and O–H groups in total. The standard InChI is InChI=1S/C19H14FN3OS/c20-14-7-5-13(6-8-14)11-18(24)21-16-4-2-1-3-15(16)17-12-23-9-10-25-19(23)22-17/h1-10,12H,11H2,(H,21,24). The number of carbonyl (C=O) groups is 1. The van der Waals surface area contributed by atoms with Gasteiger partial charge in [-0.1, -0.05) is 30.3 Å². The number of nitrogens with one attached hydrogen (secondary N) is 1. The summed E-state index contributed by atoms with van der Waals surface area (Å²) in [4.78, 5) is 17.8. The van der Waals surface area contributed by atoms with Crippen molar-refractivity contribution in [1.82, 2.24) is 9.38 Å². The van der Waals surface area contributed by atoms with Crippen LogP contribution in [0, 0.1) is 5.82 Å². The van der Waals surface area contributed by atoms with Crippen molar-refractivity contribution >= 4 is 27.9 Å². The number of nitrogens with zero attached hydrogens (tertiary/aromatic N) is 2. The van der Waals surface area contributed by atoms with Crippen molar-refractivity contribution in [3.05, 3.63) is 77.7 Å². The smallest absolute Gasteiger partial charge is 0.228 e. The Morgan fingerprint density at radius 3 is 2.76 bits per heavy atom. The average Bonchev–Trinajstić information content (AvgIpc) is 3.19. The minimum atomic E-state index is -0.311. The van der Waals surface area contributed by atoms with Gasteiger partial charge in [-0.15, -0.1) is 11.3 Å². The normalized spacial score (nSPS) is 10.9. The Labute approximate surface area is 147 Å². The Morgan fingerprint density at radius 2 is 1.96 bits per heavy atom. The van der Waals surface area contributed by atoms with Gasteiger partial charge in [0.25, 0.3) is 0 Å². The van der Waals surface area contributed by atoms with Gasteiger partial charge in [-0.2, -0.15) is 0 Å². The highest BCUT2D eigenvalue weighted by atomic mass is 32.1. The summed E-state index contributed by atoms with van der Waals surface area (Å²) in [5.41, 5.74) is 3.15. The van der Waals surface area contributed by atoms with E-state index in [0.717, 1.165) is 21.8 Å². The quantitative estimate of drug-likeness (QED) is 0.593. The number of carbonyl (C=O) groups excluding carboxylic acids is 1. The van der Waals surface area contributed by atoms with Crippen molar-refractivity contribution in [2.24, 2.45) is 0 Å². The summed E-state index contributed by atoms with van der Waals surface area (Å²) in [6.07, 6.45) is 4.08. The highest BCUT2D eigenvalue weighted by Gasteiger charge is 2.12. The maximum absolute atomic E-state index is 13.0. The van der Waals surface area contributed by atoms with Gasteiger partial charge in [-0.05, 0) is 23.8 Å². The molecule has 0 atom stereocenters. The number of halogens is 1. The Balaban J connectivity index is 1.57. The van der Waals surface area contributed by atoms with Crippen LogP contribution in [0.15, 0.2) is 66.3 Å². The molecule has 0 bridgehead atoms. The number of hydrogen-bond acceptors (Lipinski definition) is 3. The number of imidazole rings is 1. The van der Waals surface area contributed by atoms with Crippen LogP contribution >= 0.6 is 11.3 Å². The fourth-order valence-electron chi connectivity index (χ4n) is 2.65. The van der Waals surface area contributed by atoms with Crippen molar-refractivity contribution < 1.29 is 9.18 Å². The van der Waals surface area contributed by atoms with Crippen LogP contribution in [0.3, 0.4) is 0 Å². The molecule has 4 aromatic rings. The molecule has 0 radical (unpaired) electrons. The van der Waals surface area contributed by atoms with E-state index in [4.69, 9.17) is 0 Å². The summed E-state index contributed by atoms with van der Waals surface area (Å²) in [7, 11) is 0. The first-order valence-electron chi connectivity index (χ1n) is 7.75. The van der Waals surface area contributed by atoms with Crippen LogP contribution in [0.5, 0.6) is 0 Å². The van der Waals surface area contributed by atoms with Crippen LogP contribution in [0.2, 0.25) is 0 Å². The Morgan fingerprint density at radius 1 is 1.16 bits per heavy atom. The molecule has 4 rings (SSSR count). The van der Waals surface area contributed by atoms with Crippen molar-refractivity contribution in [2.45, 2.75) is 6.42 Å². The number of benzene rings is 2. The maximum atomic E-state index is 13.0. The van der Waals surface area contributed by atoms with E-state index in [1.54, 1.807) is 23.5 Å². The summed E-state index contributed by atoms with van der Waals surface area (Å²) >= 11 is 1.56. The number of fused-ring (bicyclic) bond motifs is 1. The van der Waals surface area contributed by atoms with E-state index in [0.29, 0.717) is 5.69 Å². The van der Waals surface area contributed by atoms with Gasteiger partial charge in [0.1, 0.15) is 5.82 Å². The number of amides is 1. The van der Waals surface area contributed by atoms with Crippen LogP contribution in [0.1, 0.15) is 5.56 Å². The molecule has 124 valence electrons. The fraction of sp³-hybridized carbons (Fsp3) is 0.0526. The molecule has 4 nitrogen and oxygen atoms in total. The highest BCUT2D eigenvalue weighted by molar-refractivity contribution is 7.15. The zero-order valence-electron chi connectivity index (χ0n) is 13.1. The van der Waals surface area contributed by atoms with Gasteiger partial charge in [0, 0.05) is 23.3 Å². The molecule has 0 saturated carbocycles. The summed E-state index contributed by atoms with van der Waals surface area (Å²) in [6, 6.07) is 13.5. The van der Waals surface area contributed by atoms with E-state index >= 15 is 0 Å². The van der Waals surface area contributed by atoms with Crippen LogP contribution in [-0.4, -0.2) is 15.3 Å². The molecule has 0 fully saturated rings. The third-order valence-corrected chi connectivity index (χ3v) is 4.62. The van der Waals surface area contributed by atoms with Crippen molar-refractivity contribution in [3.63, 3.8) is 0 Å². The monoisotopic (exact) mass is 351 g/mol. The van der Waals surface area contributed by atoms with Gasteiger partial charge in [-0.25, -0.2) is 9.37 Å². The molecule has 2 heterocycles. The van der Waals surface area contributed by atoms with Crippen LogP contribution in [-0.2, 0) is 11.2 Å². The zero-order valence-corrected chi connectivity index (χ0v) is 14.0. The average molecular weight is 351 g/mol. The van der Waals surface area contributed by atoms with E-state index in [1.807, 2.05) is 46.4 Å². The topological polar surface area (TPSA) is 46.4 Å². The Bertz CT molecular complexity index is 1010. The second-order valence-corrected chi connectivity index (χ2v) is 6.49. The van der Waals surface area contributed by atoms with E-state index in [2.05, 4.69) is 10.3 Å². The molecule has 0 aliphatic carbocycles. The van der Waals surface area contributed by atoms with Crippen LogP contribution < -0.4 is 5.32 Å². The molecule has 0 aliphatic rings. The fourth-order valence-corrected chi connectivity index (χ4v) is 3.35. The number of aromatic nitrogens is 2. The lowest BCUT2D eigenvalue weighted by Gasteiger charge is -2.09. The van der Waals surface area contributed by atoms with Gasteiger partial charge in [0.05, 0.1) is 17.8 Å². The first-order valence-corrected chi connectivity index (χ1v) is 8.63. The maximum Gasteiger partial charge on any atom is 0.228 e. The first-order chi connectivity index (χ1) is 12.2. The molecule has 0 saturated heterocycles. The molecule has 25 heavy (non-hydrogen) atoms. The van der Waals surface area contributed by atoms with Gasteiger partial charge in [0.15, 0.2) is 4.96 Å². The number of rotatable bonds is 4. The van der Waals surface area contributed by atoms with Gasteiger partial charge >= 0.3 is 0 Å². The summed E-state index contributed by atoms with van der Waals surface area (Å²) in [5.74, 6) is -0.464. The number of para-hydroxylation sites is 1. The summed E-state index contributed by atoms with van der Waals surface area (Å²) in [6.45, 7) is 0. The number of hydrogen-bond donors (Lipinski definition) is 1. The molecule has 1 amide bonds. The van der Waals surface area contributed by atoms with Gasteiger partial charge in [0.2, 0.25) is 5.91 Å². The number of thiazole rings is 1. The molecular formula is C19H14FN3OS. The van der Waals surface area contributed by atoms with Crippen LogP contribution in [0.25, 0.3) is 16.2 Å². The van der Waals surface area contributed by atoms with Gasteiger partial charge < -0.3 is 5.32 Å². The van der Waals surface area contributed by atoms with Crippen molar-refractivity contribution in [2.75, 3.05) is 5.32 Å². The Kier molecular flexibility index (Phi) is 4.03. The van der Waals surface area contributed by atoms with E-state index in [-0.39, 0.29) is 18.1 Å². The van der Waals surface area contributed by atoms with E-state index < -0.39 is 0 Å². The molecule has 2 aromatic heterocycles. The second-order valence-electron chi connectivity index (χ2n) is 5.62. The third-order valence-electron chi connectivity index (χ3n) is 3.85. The molecule has 0 spiro atoms. The summed E-state index contributed by atoms with van der Waals surface area (Å²) in [5, 5.41) is 4.90. The molecule has 0 aliphatic heterocycles. The van der Waals surface area contributed by atoms with E-state index in [1.165, 1.54) is 12.1 Å². The first kappa shape index (κ1) is 15.5. The van der Waals surface area contributed by atoms with Gasteiger partial charge in [-0.3, -0.25) is 9.20 Å². The SMILES string of the molecule is O=C(Cc1ccc(F)cc1)Nc1ccccc1-c1cn2ccsc2n1. The van der Waals surface area contributed by atoms with Crippen LogP contribution in [0.4, 0.5) is 10.1 Å². The number of anilines is 1. The summed E-state index contributed by atoms with van der Waals surface area (Å²) < 4.78 is 14.9. The molecule has 0 unspecified atom stereocenters. The van der Waals surface area contributed by atoms with Crippen molar-refractivity contribution in [1.29, 1.82) is 0 Å². The Hall–Kier alpha value is -2.99. The molecular weight excluding hydrogens is 337 g/mol. The lowest BCUT2D eigenvalue weighted by molar-refractivity contribution is -0.115.